The van der Waals surface area contributed by atoms with Gasteiger partial charge in [0.25, 0.3) is 0 Å². The lowest BCUT2D eigenvalue weighted by atomic mass is 9.89. The summed E-state index contributed by atoms with van der Waals surface area (Å²) >= 11 is 0. The molecule has 0 aromatic rings. The number of hydrogen-bond donors (Lipinski definition) is 2. The van der Waals surface area contributed by atoms with Crippen LogP contribution in [0.25, 0.3) is 0 Å². The number of rotatable bonds is 2. The minimum atomic E-state index is -0.789. The zero-order chi connectivity index (χ0) is 11.7. The lowest BCUT2D eigenvalue weighted by Crippen LogP contribution is -2.56. The molecule has 2 rings (SSSR count). The van der Waals surface area contributed by atoms with Crippen molar-refractivity contribution in [3.63, 3.8) is 0 Å². The van der Waals surface area contributed by atoms with Crippen molar-refractivity contribution in [1.29, 1.82) is 0 Å². The van der Waals surface area contributed by atoms with E-state index in [0.29, 0.717) is 19.1 Å². The number of nitrogens with zero attached hydrogens (tertiary/aromatic N) is 1. The molecule has 2 aliphatic heterocycles. The summed E-state index contributed by atoms with van der Waals surface area (Å²) in [5.41, 5.74) is 0. The van der Waals surface area contributed by atoms with Gasteiger partial charge in [-0.15, -0.1) is 0 Å². The summed E-state index contributed by atoms with van der Waals surface area (Å²) in [5, 5.41) is 12.0. The first kappa shape index (κ1) is 11.4. The second kappa shape index (κ2) is 4.41. The summed E-state index contributed by atoms with van der Waals surface area (Å²) in [6.45, 7) is 3.75. The number of nitrogens with one attached hydrogen (secondary N) is 1. The SMILES string of the molecule is CC1CC(C(=O)N2CC(C(=O)O)C2)CCN1. The van der Waals surface area contributed by atoms with Crippen LogP contribution in [0.3, 0.4) is 0 Å². The molecule has 2 aliphatic rings. The van der Waals surface area contributed by atoms with Crippen LogP contribution in [0.1, 0.15) is 19.8 Å². The summed E-state index contributed by atoms with van der Waals surface area (Å²) in [6, 6.07) is 0.388. The Morgan fingerprint density at radius 1 is 1.31 bits per heavy atom. The van der Waals surface area contributed by atoms with Crippen LogP contribution in [0.2, 0.25) is 0 Å². The maximum Gasteiger partial charge on any atom is 0.310 e. The highest BCUT2D eigenvalue weighted by Crippen LogP contribution is 2.24. The molecular weight excluding hydrogens is 208 g/mol. The van der Waals surface area contributed by atoms with Crippen molar-refractivity contribution < 1.29 is 14.7 Å². The van der Waals surface area contributed by atoms with Crippen LogP contribution in [0, 0.1) is 11.8 Å². The van der Waals surface area contributed by atoms with E-state index in [1.54, 1.807) is 4.90 Å². The van der Waals surface area contributed by atoms with E-state index in [1.165, 1.54) is 0 Å². The number of aliphatic carboxylic acids is 1. The molecule has 1 amide bonds. The number of hydrogen-bond acceptors (Lipinski definition) is 3. The van der Waals surface area contributed by atoms with E-state index in [2.05, 4.69) is 12.2 Å². The Kier molecular flexibility index (Phi) is 3.14. The van der Waals surface area contributed by atoms with Gasteiger partial charge in [0.15, 0.2) is 0 Å². The molecule has 2 saturated heterocycles. The van der Waals surface area contributed by atoms with Gasteiger partial charge in [-0.1, -0.05) is 0 Å². The first-order valence-electron chi connectivity index (χ1n) is 5.83. The van der Waals surface area contributed by atoms with Crippen LogP contribution >= 0.6 is 0 Å². The molecule has 0 radical (unpaired) electrons. The molecule has 2 atom stereocenters. The van der Waals surface area contributed by atoms with Gasteiger partial charge in [-0.05, 0) is 26.3 Å². The fourth-order valence-corrected chi connectivity index (χ4v) is 2.43. The molecule has 2 fully saturated rings. The van der Waals surface area contributed by atoms with Gasteiger partial charge < -0.3 is 15.3 Å². The Balaban J connectivity index is 1.82. The Morgan fingerprint density at radius 3 is 2.56 bits per heavy atom. The lowest BCUT2D eigenvalue weighted by Gasteiger charge is -2.40. The molecule has 0 bridgehead atoms. The van der Waals surface area contributed by atoms with E-state index >= 15 is 0 Å². The van der Waals surface area contributed by atoms with Gasteiger partial charge in [0.1, 0.15) is 0 Å². The zero-order valence-corrected chi connectivity index (χ0v) is 9.48. The standard InChI is InChI=1S/C11H18N2O3/c1-7-4-8(2-3-12-7)10(14)13-5-9(6-13)11(15)16/h7-9,12H,2-6H2,1H3,(H,15,16). The van der Waals surface area contributed by atoms with Gasteiger partial charge in [0.2, 0.25) is 5.91 Å². The van der Waals surface area contributed by atoms with Crippen molar-refractivity contribution in [2.75, 3.05) is 19.6 Å². The Labute approximate surface area is 94.8 Å². The fourth-order valence-electron chi connectivity index (χ4n) is 2.43. The van der Waals surface area contributed by atoms with Crippen molar-refractivity contribution in [3.8, 4) is 0 Å². The van der Waals surface area contributed by atoms with Gasteiger partial charge >= 0.3 is 5.97 Å². The zero-order valence-electron chi connectivity index (χ0n) is 9.48. The largest absolute Gasteiger partial charge is 0.481 e. The predicted molar refractivity (Wildman–Crippen MR) is 57.9 cm³/mol. The topological polar surface area (TPSA) is 69.6 Å². The highest BCUT2D eigenvalue weighted by molar-refractivity contribution is 5.82. The Bertz CT molecular complexity index is 300. The van der Waals surface area contributed by atoms with E-state index in [4.69, 9.17) is 5.11 Å². The van der Waals surface area contributed by atoms with E-state index < -0.39 is 5.97 Å². The summed E-state index contributed by atoms with van der Waals surface area (Å²) in [7, 11) is 0. The van der Waals surface area contributed by atoms with Gasteiger partial charge in [-0.2, -0.15) is 0 Å². The molecule has 0 spiro atoms. The second-order valence-corrected chi connectivity index (χ2v) is 4.85. The number of piperidine rings is 1. The maximum absolute atomic E-state index is 12.0. The van der Waals surface area contributed by atoms with Crippen molar-refractivity contribution in [1.82, 2.24) is 10.2 Å². The number of amides is 1. The van der Waals surface area contributed by atoms with Crippen LogP contribution in [0.4, 0.5) is 0 Å². The van der Waals surface area contributed by atoms with Crippen LogP contribution < -0.4 is 5.32 Å². The van der Waals surface area contributed by atoms with Crippen molar-refractivity contribution in [3.05, 3.63) is 0 Å². The highest BCUT2D eigenvalue weighted by atomic mass is 16.4. The smallest absolute Gasteiger partial charge is 0.310 e. The number of carboxylic acid groups (broad SMARTS) is 1. The van der Waals surface area contributed by atoms with Crippen molar-refractivity contribution in [2.45, 2.75) is 25.8 Å². The maximum atomic E-state index is 12.0. The minimum absolute atomic E-state index is 0.0889. The van der Waals surface area contributed by atoms with Crippen molar-refractivity contribution >= 4 is 11.9 Å². The van der Waals surface area contributed by atoms with Crippen molar-refractivity contribution in [2.24, 2.45) is 11.8 Å². The van der Waals surface area contributed by atoms with Crippen LogP contribution in [-0.4, -0.2) is 47.6 Å². The van der Waals surface area contributed by atoms with E-state index in [9.17, 15) is 9.59 Å². The lowest BCUT2D eigenvalue weighted by molar-refractivity contribution is -0.155. The average Bonchev–Trinajstić information content (AvgIpc) is 2.14. The van der Waals surface area contributed by atoms with Gasteiger partial charge in [0.05, 0.1) is 5.92 Å². The quantitative estimate of drug-likeness (QED) is 0.691. The molecule has 5 heteroatoms. The first-order valence-corrected chi connectivity index (χ1v) is 5.83. The molecule has 0 aliphatic carbocycles. The van der Waals surface area contributed by atoms with E-state index in [1.807, 2.05) is 0 Å². The van der Waals surface area contributed by atoms with E-state index in [0.717, 1.165) is 19.4 Å². The average molecular weight is 226 g/mol. The number of likely N-dealkylation sites (tertiary alicyclic amines) is 1. The predicted octanol–water partition coefficient (Wildman–Crippen LogP) is -0.0825. The molecule has 0 saturated carbocycles. The highest BCUT2D eigenvalue weighted by Gasteiger charge is 2.38. The molecule has 2 unspecified atom stereocenters. The fraction of sp³-hybridized carbons (Fsp3) is 0.818. The molecular formula is C11H18N2O3. The number of carbonyl (C=O) groups is 2. The Hall–Kier alpha value is -1.10. The normalized spacial score (nSPS) is 30.9. The van der Waals surface area contributed by atoms with Crippen LogP contribution in [0.5, 0.6) is 0 Å². The van der Waals surface area contributed by atoms with Crippen LogP contribution in [-0.2, 0) is 9.59 Å². The molecule has 16 heavy (non-hydrogen) atoms. The molecule has 2 N–H and O–H groups in total. The number of carbonyl (C=O) groups excluding carboxylic acids is 1. The van der Waals surface area contributed by atoms with Gasteiger partial charge in [-0.3, -0.25) is 9.59 Å². The molecule has 2 heterocycles. The molecule has 0 aromatic carbocycles. The third-order valence-corrected chi connectivity index (χ3v) is 3.52. The summed E-state index contributed by atoms with van der Waals surface area (Å²) in [4.78, 5) is 24.3. The molecule has 0 aromatic heterocycles. The van der Waals surface area contributed by atoms with Gasteiger partial charge in [-0.25, -0.2) is 0 Å². The first-order chi connectivity index (χ1) is 7.58. The van der Waals surface area contributed by atoms with Gasteiger partial charge in [0, 0.05) is 25.0 Å². The molecule has 90 valence electrons. The third kappa shape index (κ3) is 2.19. The monoisotopic (exact) mass is 226 g/mol. The van der Waals surface area contributed by atoms with Crippen LogP contribution in [0.15, 0.2) is 0 Å². The molecule has 5 nitrogen and oxygen atoms in total. The Morgan fingerprint density at radius 2 is 2.00 bits per heavy atom. The van der Waals surface area contributed by atoms with E-state index in [-0.39, 0.29) is 17.7 Å². The summed E-state index contributed by atoms with van der Waals surface area (Å²) < 4.78 is 0. The number of carboxylic acids is 1. The summed E-state index contributed by atoms with van der Waals surface area (Å²) in [5.74, 6) is -0.900. The second-order valence-electron chi connectivity index (χ2n) is 4.85. The third-order valence-electron chi connectivity index (χ3n) is 3.52. The summed E-state index contributed by atoms with van der Waals surface area (Å²) in [6.07, 6.45) is 1.74. The minimum Gasteiger partial charge on any atom is -0.481 e.